The summed E-state index contributed by atoms with van der Waals surface area (Å²) < 4.78 is 11.1. The summed E-state index contributed by atoms with van der Waals surface area (Å²) in [5.74, 6) is 0.983. The minimum Gasteiger partial charge on any atom is -0.497 e. The van der Waals surface area contributed by atoms with Gasteiger partial charge >= 0.3 is 0 Å². The number of amides is 2. The molecule has 0 aromatic heterocycles. The molecule has 1 atom stereocenters. The van der Waals surface area contributed by atoms with Gasteiger partial charge < -0.3 is 19.7 Å². The molecule has 0 spiro atoms. The van der Waals surface area contributed by atoms with Crippen molar-refractivity contribution in [3.05, 3.63) is 59.2 Å². The third-order valence-corrected chi connectivity index (χ3v) is 5.54. The second-order valence-electron chi connectivity index (χ2n) is 7.98. The van der Waals surface area contributed by atoms with E-state index in [2.05, 4.69) is 12.2 Å². The molecule has 1 N–H and O–H groups in total. The van der Waals surface area contributed by atoms with Crippen LogP contribution in [0.1, 0.15) is 49.8 Å². The summed E-state index contributed by atoms with van der Waals surface area (Å²) >= 11 is 0. The van der Waals surface area contributed by atoms with E-state index in [1.54, 1.807) is 12.0 Å². The van der Waals surface area contributed by atoms with E-state index in [4.69, 9.17) is 9.47 Å². The average Bonchev–Trinajstić information content (AvgIpc) is 2.79. The van der Waals surface area contributed by atoms with Crippen LogP contribution < -0.4 is 14.8 Å². The van der Waals surface area contributed by atoms with Gasteiger partial charge in [0.25, 0.3) is 5.91 Å². The Bertz CT molecular complexity index is 897. The number of methoxy groups -OCH3 is 1. The van der Waals surface area contributed by atoms with E-state index >= 15 is 0 Å². The molecule has 32 heavy (non-hydrogen) atoms. The first-order chi connectivity index (χ1) is 15.4. The van der Waals surface area contributed by atoms with E-state index in [-0.39, 0.29) is 18.4 Å². The van der Waals surface area contributed by atoms with Crippen LogP contribution in [-0.4, -0.2) is 43.0 Å². The molecule has 2 amide bonds. The number of unbranched alkanes of at least 4 members (excludes halogenated alkanes) is 1. The van der Waals surface area contributed by atoms with Gasteiger partial charge in [-0.3, -0.25) is 9.59 Å². The Kier molecular flexibility index (Phi) is 10.1. The standard InChI is InChI=1S/C26H36N2O4/c1-6-8-14-27-26(30)24(7-2)28(17-21-10-9-11-22(16-21)31-5)25(29)18-32-23-13-12-19(3)20(4)15-23/h9-13,15-16,24H,6-8,14,17-18H2,1-5H3,(H,27,30)/t24-/m0/s1. The summed E-state index contributed by atoms with van der Waals surface area (Å²) in [6, 6.07) is 12.7. The lowest BCUT2D eigenvalue weighted by Crippen LogP contribution is -2.50. The molecular weight excluding hydrogens is 404 g/mol. The zero-order valence-electron chi connectivity index (χ0n) is 19.9. The summed E-state index contributed by atoms with van der Waals surface area (Å²) in [6.45, 7) is 8.80. The Morgan fingerprint density at radius 1 is 1.03 bits per heavy atom. The van der Waals surface area contributed by atoms with Crippen LogP contribution in [0.5, 0.6) is 11.5 Å². The van der Waals surface area contributed by atoms with Gasteiger partial charge in [0.05, 0.1) is 7.11 Å². The van der Waals surface area contributed by atoms with Crippen molar-refractivity contribution in [3.63, 3.8) is 0 Å². The summed E-state index contributed by atoms with van der Waals surface area (Å²) in [5, 5.41) is 2.97. The van der Waals surface area contributed by atoms with Gasteiger partial charge in [0, 0.05) is 13.1 Å². The van der Waals surface area contributed by atoms with Crippen LogP contribution in [0.3, 0.4) is 0 Å². The number of hydrogen-bond acceptors (Lipinski definition) is 4. The number of rotatable bonds is 12. The van der Waals surface area contributed by atoms with Crippen molar-refractivity contribution in [2.75, 3.05) is 20.3 Å². The summed E-state index contributed by atoms with van der Waals surface area (Å²) in [4.78, 5) is 27.8. The molecule has 0 fully saturated rings. The highest BCUT2D eigenvalue weighted by atomic mass is 16.5. The lowest BCUT2D eigenvalue weighted by atomic mass is 10.1. The second kappa shape index (κ2) is 12.7. The van der Waals surface area contributed by atoms with E-state index in [0.717, 1.165) is 29.5 Å². The molecular formula is C26H36N2O4. The minimum atomic E-state index is -0.575. The molecule has 6 nitrogen and oxygen atoms in total. The first-order valence-corrected chi connectivity index (χ1v) is 11.3. The third kappa shape index (κ3) is 7.29. The molecule has 6 heteroatoms. The number of nitrogens with zero attached hydrogens (tertiary/aromatic N) is 1. The molecule has 0 aliphatic rings. The summed E-state index contributed by atoms with van der Waals surface area (Å²) in [7, 11) is 1.61. The topological polar surface area (TPSA) is 67.9 Å². The minimum absolute atomic E-state index is 0.134. The van der Waals surface area contributed by atoms with Gasteiger partial charge in [-0.25, -0.2) is 0 Å². The van der Waals surface area contributed by atoms with Crippen molar-refractivity contribution in [1.82, 2.24) is 10.2 Å². The number of hydrogen-bond donors (Lipinski definition) is 1. The van der Waals surface area contributed by atoms with Crippen LogP contribution in [0.15, 0.2) is 42.5 Å². The average molecular weight is 441 g/mol. The SMILES string of the molecule is CCCCNC(=O)[C@H](CC)N(Cc1cccc(OC)c1)C(=O)COc1ccc(C)c(C)c1. The highest BCUT2D eigenvalue weighted by Gasteiger charge is 2.29. The predicted octanol–water partition coefficient (Wildman–Crippen LogP) is 4.41. The normalized spacial score (nSPS) is 11.5. The van der Waals surface area contributed by atoms with Crippen molar-refractivity contribution in [2.24, 2.45) is 0 Å². The monoisotopic (exact) mass is 440 g/mol. The Labute approximate surface area is 191 Å². The maximum atomic E-state index is 13.3. The van der Waals surface area contributed by atoms with Crippen molar-refractivity contribution in [3.8, 4) is 11.5 Å². The molecule has 0 heterocycles. The maximum Gasteiger partial charge on any atom is 0.261 e. The molecule has 0 saturated heterocycles. The molecule has 2 rings (SSSR count). The second-order valence-corrected chi connectivity index (χ2v) is 7.98. The fourth-order valence-electron chi connectivity index (χ4n) is 3.42. The van der Waals surface area contributed by atoms with E-state index in [1.165, 1.54) is 0 Å². The van der Waals surface area contributed by atoms with Gasteiger partial charge in [-0.1, -0.05) is 38.5 Å². The quantitative estimate of drug-likeness (QED) is 0.496. The largest absolute Gasteiger partial charge is 0.497 e. The molecule has 0 aliphatic carbocycles. The highest BCUT2D eigenvalue weighted by molar-refractivity contribution is 5.88. The molecule has 0 saturated carbocycles. The number of aryl methyl sites for hydroxylation is 2. The first-order valence-electron chi connectivity index (χ1n) is 11.3. The van der Waals surface area contributed by atoms with E-state index < -0.39 is 6.04 Å². The number of carbonyl (C=O) groups is 2. The van der Waals surface area contributed by atoms with Crippen LogP contribution in [0, 0.1) is 13.8 Å². The Balaban J connectivity index is 2.20. The van der Waals surface area contributed by atoms with Gasteiger partial charge in [-0.2, -0.15) is 0 Å². The molecule has 2 aromatic rings. The highest BCUT2D eigenvalue weighted by Crippen LogP contribution is 2.19. The zero-order chi connectivity index (χ0) is 23.5. The Morgan fingerprint density at radius 3 is 2.47 bits per heavy atom. The van der Waals surface area contributed by atoms with Crippen molar-refractivity contribution < 1.29 is 19.1 Å². The van der Waals surface area contributed by atoms with Crippen molar-refractivity contribution in [1.29, 1.82) is 0 Å². The van der Waals surface area contributed by atoms with E-state index in [1.807, 2.05) is 63.2 Å². The molecule has 2 aromatic carbocycles. The predicted molar refractivity (Wildman–Crippen MR) is 127 cm³/mol. The van der Waals surface area contributed by atoms with Crippen molar-refractivity contribution in [2.45, 2.75) is 59.5 Å². The fourth-order valence-corrected chi connectivity index (χ4v) is 3.42. The van der Waals surface area contributed by atoms with E-state index in [9.17, 15) is 9.59 Å². The smallest absolute Gasteiger partial charge is 0.261 e. The Hall–Kier alpha value is -3.02. The number of benzene rings is 2. The van der Waals surface area contributed by atoms with E-state index in [0.29, 0.717) is 31.0 Å². The number of carbonyl (C=O) groups excluding carboxylic acids is 2. The number of ether oxygens (including phenoxy) is 2. The first kappa shape index (κ1) is 25.2. The van der Waals surface area contributed by atoms with Gasteiger partial charge in [-0.15, -0.1) is 0 Å². The summed E-state index contributed by atoms with van der Waals surface area (Å²) in [6.07, 6.45) is 2.41. The Morgan fingerprint density at radius 2 is 1.81 bits per heavy atom. The van der Waals surface area contributed by atoms with Gasteiger partial charge in [-0.05, 0) is 67.6 Å². The molecule has 0 aliphatic heterocycles. The molecule has 0 bridgehead atoms. The molecule has 0 unspecified atom stereocenters. The maximum absolute atomic E-state index is 13.3. The van der Waals surface area contributed by atoms with Gasteiger partial charge in [0.15, 0.2) is 6.61 Å². The lowest BCUT2D eigenvalue weighted by Gasteiger charge is -2.30. The zero-order valence-corrected chi connectivity index (χ0v) is 19.9. The summed E-state index contributed by atoms with van der Waals surface area (Å²) in [5.41, 5.74) is 3.16. The van der Waals surface area contributed by atoms with Gasteiger partial charge in [0.2, 0.25) is 5.91 Å². The van der Waals surface area contributed by atoms with Crippen LogP contribution in [0.25, 0.3) is 0 Å². The molecule has 0 radical (unpaired) electrons. The third-order valence-electron chi connectivity index (χ3n) is 5.54. The van der Waals surface area contributed by atoms with Crippen LogP contribution >= 0.6 is 0 Å². The number of nitrogens with one attached hydrogen (secondary N) is 1. The van der Waals surface area contributed by atoms with Crippen LogP contribution in [0.2, 0.25) is 0 Å². The fraction of sp³-hybridized carbons (Fsp3) is 0.462. The van der Waals surface area contributed by atoms with Crippen molar-refractivity contribution >= 4 is 11.8 Å². The van der Waals surface area contributed by atoms with Gasteiger partial charge in [0.1, 0.15) is 17.5 Å². The molecule has 174 valence electrons. The van der Waals surface area contributed by atoms with Crippen LogP contribution in [0.4, 0.5) is 0 Å². The van der Waals surface area contributed by atoms with Crippen LogP contribution in [-0.2, 0) is 16.1 Å². The lowest BCUT2D eigenvalue weighted by molar-refractivity contribution is -0.143.